The van der Waals surface area contributed by atoms with Gasteiger partial charge in [0, 0.05) is 18.2 Å². The molecule has 6 nitrogen and oxygen atoms in total. The first-order valence-electron chi connectivity index (χ1n) is 7.11. The van der Waals surface area contributed by atoms with Gasteiger partial charge in [0.1, 0.15) is 11.5 Å². The van der Waals surface area contributed by atoms with E-state index in [1.54, 1.807) is 32.4 Å². The summed E-state index contributed by atoms with van der Waals surface area (Å²) in [6.07, 6.45) is 0.807. The third kappa shape index (κ3) is 4.37. The van der Waals surface area contributed by atoms with Gasteiger partial charge >= 0.3 is 0 Å². The van der Waals surface area contributed by atoms with Crippen LogP contribution in [0.15, 0.2) is 18.2 Å². The van der Waals surface area contributed by atoms with E-state index in [0.29, 0.717) is 24.5 Å². The Labute approximate surface area is 130 Å². The van der Waals surface area contributed by atoms with Crippen LogP contribution < -0.4 is 14.8 Å². The fourth-order valence-electron chi connectivity index (χ4n) is 2.52. The minimum absolute atomic E-state index is 0.0201. The summed E-state index contributed by atoms with van der Waals surface area (Å²) in [7, 11) is 0.202. The smallest absolute Gasteiger partial charge is 0.224 e. The molecule has 1 N–H and O–H groups in total. The highest BCUT2D eigenvalue weighted by Crippen LogP contribution is 2.25. The maximum absolute atomic E-state index is 12.0. The number of hydrogen-bond donors (Lipinski definition) is 1. The zero-order valence-electron chi connectivity index (χ0n) is 12.8. The zero-order chi connectivity index (χ0) is 16.2. The van der Waals surface area contributed by atoms with Crippen LogP contribution in [-0.2, 0) is 21.1 Å². The molecule has 2 rings (SSSR count). The second-order valence-corrected chi connectivity index (χ2v) is 7.66. The molecular weight excluding hydrogens is 306 g/mol. The number of benzene rings is 1. The molecule has 1 amide bonds. The molecule has 0 saturated carbocycles. The van der Waals surface area contributed by atoms with Crippen molar-refractivity contribution < 1.29 is 22.7 Å². The molecule has 122 valence electrons. The third-order valence-electron chi connectivity index (χ3n) is 3.76. The Kier molecular flexibility index (Phi) is 5.28. The number of nitrogens with one attached hydrogen (secondary N) is 1. The third-order valence-corrected chi connectivity index (χ3v) is 5.60. The average Bonchev–Trinajstić information content (AvgIpc) is 2.85. The van der Waals surface area contributed by atoms with E-state index in [9.17, 15) is 13.2 Å². The van der Waals surface area contributed by atoms with Crippen LogP contribution in [-0.4, -0.2) is 46.6 Å². The van der Waals surface area contributed by atoms with E-state index < -0.39 is 9.84 Å². The molecule has 1 fully saturated rings. The number of ether oxygens (including phenoxy) is 2. The number of methoxy groups -OCH3 is 2. The van der Waals surface area contributed by atoms with Crippen LogP contribution in [0.25, 0.3) is 0 Å². The maximum Gasteiger partial charge on any atom is 0.224 e. The molecule has 1 atom stereocenters. The van der Waals surface area contributed by atoms with E-state index in [2.05, 4.69) is 5.32 Å². The number of hydrogen-bond acceptors (Lipinski definition) is 5. The van der Waals surface area contributed by atoms with Crippen LogP contribution in [0.4, 0.5) is 0 Å². The number of rotatable bonds is 6. The van der Waals surface area contributed by atoms with Crippen LogP contribution >= 0.6 is 0 Å². The molecule has 0 aromatic heterocycles. The van der Waals surface area contributed by atoms with Crippen molar-refractivity contribution >= 4 is 15.7 Å². The standard InChI is InChI=1S/C15H21NO5S/c1-20-13-4-3-12(14(8-13)21-2)7-15(17)16-9-11-5-6-22(18,19)10-11/h3-4,8,11H,5-7,9-10H2,1-2H3,(H,16,17). The van der Waals surface area contributed by atoms with Gasteiger partial charge < -0.3 is 14.8 Å². The van der Waals surface area contributed by atoms with Crippen LogP contribution in [0, 0.1) is 5.92 Å². The first-order valence-corrected chi connectivity index (χ1v) is 8.93. The Hall–Kier alpha value is -1.76. The van der Waals surface area contributed by atoms with Gasteiger partial charge in [-0.2, -0.15) is 0 Å². The van der Waals surface area contributed by atoms with Crippen molar-refractivity contribution in [3.8, 4) is 11.5 Å². The van der Waals surface area contributed by atoms with Crippen molar-refractivity contribution in [3.63, 3.8) is 0 Å². The van der Waals surface area contributed by atoms with Crippen LogP contribution in [0.5, 0.6) is 11.5 Å². The maximum atomic E-state index is 12.0. The fourth-order valence-corrected chi connectivity index (χ4v) is 4.39. The van der Waals surface area contributed by atoms with Crippen molar-refractivity contribution in [3.05, 3.63) is 23.8 Å². The second kappa shape index (κ2) is 7.00. The molecule has 7 heteroatoms. The first kappa shape index (κ1) is 16.6. The molecule has 0 radical (unpaired) electrons. The normalized spacial score (nSPS) is 19.6. The Morgan fingerprint density at radius 3 is 2.68 bits per heavy atom. The van der Waals surface area contributed by atoms with Gasteiger partial charge in [0.05, 0.1) is 32.1 Å². The molecular formula is C15H21NO5S. The molecule has 0 bridgehead atoms. The second-order valence-electron chi connectivity index (χ2n) is 5.43. The molecule has 1 aromatic rings. The first-order chi connectivity index (χ1) is 10.4. The molecule has 0 aliphatic carbocycles. The summed E-state index contributed by atoms with van der Waals surface area (Å²) >= 11 is 0. The minimum Gasteiger partial charge on any atom is -0.497 e. The van der Waals surface area contributed by atoms with E-state index in [0.717, 1.165) is 5.56 Å². The molecule has 1 unspecified atom stereocenters. The van der Waals surface area contributed by atoms with Crippen molar-refractivity contribution in [2.75, 3.05) is 32.3 Å². The lowest BCUT2D eigenvalue weighted by Gasteiger charge is -2.12. The van der Waals surface area contributed by atoms with Gasteiger partial charge in [-0.1, -0.05) is 6.07 Å². The molecule has 0 spiro atoms. The van der Waals surface area contributed by atoms with E-state index in [1.165, 1.54) is 0 Å². The Morgan fingerprint density at radius 1 is 1.32 bits per heavy atom. The number of sulfone groups is 1. The number of carbonyl (C=O) groups excluding carboxylic acids is 1. The summed E-state index contributed by atoms with van der Waals surface area (Å²) in [6.45, 7) is 0.399. The minimum atomic E-state index is -2.91. The van der Waals surface area contributed by atoms with Crippen molar-refractivity contribution in [1.29, 1.82) is 0 Å². The lowest BCUT2D eigenvalue weighted by molar-refractivity contribution is -0.120. The summed E-state index contributed by atoms with van der Waals surface area (Å²) in [5.41, 5.74) is 0.764. The average molecular weight is 327 g/mol. The largest absolute Gasteiger partial charge is 0.497 e. The van der Waals surface area contributed by atoms with Crippen LogP contribution in [0.3, 0.4) is 0 Å². The van der Waals surface area contributed by atoms with E-state index in [1.807, 2.05) is 0 Å². The zero-order valence-corrected chi connectivity index (χ0v) is 13.6. The SMILES string of the molecule is COc1ccc(CC(=O)NCC2CCS(=O)(=O)C2)c(OC)c1. The van der Waals surface area contributed by atoms with Gasteiger partial charge in [-0.3, -0.25) is 4.79 Å². The molecule has 1 aliphatic heterocycles. The van der Waals surface area contributed by atoms with Gasteiger partial charge in [0.25, 0.3) is 0 Å². The molecule has 1 heterocycles. The van der Waals surface area contributed by atoms with E-state index in [-0.39, 0.29) is 29.8 Å². The molecule has 1 saturated heterocycles. The molecule has 22 heavy (non-hydrogen) atoms. The summed E-state index contributed by atoms with van der Waals surface area (Å²) in [4.78, 5) is 12.0. The van der Waals surface area contributed by atoms with Crippen LogP contribution in [0.1, 0.15) is 12.0 Å². The Bertz CT molecular complexity index is 641. The number of carbonyl (C=O) groups is 1. The molecule has 1 aliphatic rings. The lowest BCUT2D eigenvalue weighted by atomic mass is 10.1. The van der Waals surface area contributed by atoms with Crippen molar-refractivity contribution in [2.45, 2.75) is 12.8 Å². The highest BCUT2D eigenvalue weighted by atomic mass is 32.2. The predicted molar refractivity (Wildman–Crippen MR) is 83.0 cm³/mol. The topological polar surface area (TPSA) is 81.7 Å². The summed E-state index contributed by atoms with van der Waals surface area (Å²) in [5, 5.41) is 2.80. The lowest BCUT2D eigenvalue weighted by Crippen LogP contribution is -2.31. The van der Waals surface area contributed by atoms with Gasteiger partial charge in [-0.05, 0) is 18.4 Å². The summed E-state index contributed by atoms with van der Waals surface area (Å²) in [6, 6.07) is 5.29. The quantitative estimate of drug-likeness (QED) is 0.836. The van der Waals surface area contributed by atoms with E-state index in [4.69, 9.17) is 9.47 Å². The Balaban J connectivity index is 1.89. The number of amides is 1. The van der Waals surface area contributed by atoms with Gasteiger partial charge in [0.2, 0.25) is 5.91 Å². The Morgan fingerprint density at radius 2 is 2.09 bits per heavy atom. The summed E-state index contributed by atoms with van der Waals surface area (Å²) in [5.74, 6) is 1.52. The van der Waals surface area contributed by atoms with Crippen LogP contribution in [0.2, 0.25) is 0 Å². The van der Waals surface area contributed by atoms with Crippen molar-refractivity contribution in [1.82, 2.24) is 5.32 Å². The highest BCUT2D eigenvalue weighted by molar-refractivity contribution is 7.91. The van der Waals surface area contributed by atoms with Gasteiger partial charge in [-0.15, -0.1) is 0 Å². The monoisotopic (exact) mass is 327 g/mol. The van der Waals surface area contributed by atoms with E-state index >= 15 is 0 Å². The molecule has 1 aromatic carbocycles. The van der Waals surface area contributed by atoms with Gasteiger partial charge in [-0.25, -0.2) is 8.42 Å². The van der Waals surface area contributed by atoms with Crippen molar-refractivity contribution in [2.24, 2.45) is 5.92 Å². The predicted octanol–water partition coefficient (Wildman–Crippen LogP) is 0.797. The fraction of sp³-hybridized carbons (Fsp3) is 0.533. The van der Waals surface area contributed by atoms with Gasteiger partial charge in [0.15, 0.2) is 9.84 Å². The highest BCUT2D eigenvalue weighted by Gasteiger charge is 2.27. The summed E-state index contributed by atoms with van der Waals surface area (Å²) < 4.78 is 33.1.